The third-order valence-electron chi connectivity index (χ3n) is 2.21. The van der Waals surface area contributed by atoms with E-state index in [-0.39, 0.29) is 25.3 Å². The number of hydrogen-bond acceptors (Lipinski definition) is 4. The lowest BCUT2D eigenvalue weighted by atomic mass is 10.1. The molecule has 18 heavy (non-hydrogen) atoms. The smallest absolute Gasteiger partial charge is 0.310 e. The van der Waals surface area contributed by atoms with Gasteiger partial charge in [-0.25, -0.2) is 13.8 Å². The van der Waals surface area contributed by atoms with Crippen LogP contribution in [0.5, 0.6) is 0 Å². The van der Waals surface area contributed by atoms with Crippen molar-refractivity contribution in [2.45, 2.75) is 26.3 Å². The molecule has 0 aromatic carbocycles. The van der Waals surface area contributed by atoms with Gasteiger partial charge in [0.25, 0.3) is 6.43 Å². The van der Waals surface area contributed by atoms with Gasteiger partial charge in [-0.2, -0.15) is 0 Å². The van der Waals surface area contributed by atoms with Crippen molar-refractivity contribution in [3.05, 3.63) is 26.6 Å². The molecule has 1 aromatic heterocycles. The SMILES string of the molecule is CCOC(=O)Cc1cc(I)c(C(F)F)nc1CN. The number of nitrogens with zero attached hydrogens (tertiary/aromatic N) is 1. The first-order valence-electron chi connectivity index (χ1n) is 5.31. The van der Waals surface area contributed by atoms with Crippen molar-refractivity contribution in [1.82, 2.24) is 4.98 Å². The largest absolute Gasteiger partial charge is 0.466 e. The van der Waals surface area contributed by atoms with Gasteiger partial charge < -0.3 is 10.5 Å². The van der Waals surface area contributed by atoms with Crippen LogP contribution in [0.15, 0.2) is 6.07 Å². The van der Waals surface area contributed by atoms with Crippen molar-refractivity contribution < 1.29 is 18.3 Å². The van der Waals surface area contributed by atoms with Gasteiger partial charge in [0.1, 0.15) is 5.69 Å². The Morgan fingerprint density at radius 2 is 2.28 bits per heavy atom. The Labute approximate surface area is 117 Å². The molecule has 0 unspecified atom stereocenters. The number of halogens is 3. The molecule has 0 aliphatic carbocycles. The van der Waals surface area contributed by atoms with E-state index in [2.05, 4.69) is 4.98 Å². The fourth-order valence-corrected chi connectivity index (χ4v) is 2.16. The summed E-state index contributed by atoms with van der Waals surface area (Å²) in [5.41, 5.74) is 5.99. The lowest BCUT2D eigenvalue weighted by molar-refractivity contribution is -0.142. The van der Waals surface area contributed by atoms with Crippen molar-refractivity contribution in [3.8, 4) is 0 Å². The maximum absolute atomic E-state index is 12.7. The van der Waals surface area contributed by atoms with Crippen molar-refractivity contribution in [2.75, 3.05) is 6.61 Å². The summed E-state index contributed by atoms with van der Waals surface area (Å²) in [5.74, 6) is -0.422. The van der Waals surface area contributed by atoms with Gasteiger partial charge in [-0.15, -0.1) is 0 Å². The average molecular weight is 370 g/mol. The van der Waals surface area contributed by atoms with Crippen LogP contribution in [-0.4, -0.2) is 17.6 Å². The second-order valence-electron chi connectivity index (χ2n) is 3.45. The average Bonchev–Trinajstić information content (AvgIpc) is 2.29. The molecule has 1 rings (SSSR count). The zero-order valence-corrected chi connectivity index (χ0v) is 11.9. The van der Waals surface area contributed by atoms with Crippen LogP contribution in [0.25, 0.3) is 0 Å². The molecule has 0 saturated heterocycles. The predicted molar refractivity (Wildman–Crippen MR) is 70.1 cm³/mol. The van der Waals surface area contributed by atoms with E-state index in [1.807, 2.05) is 0 Å². The zero-order valence-electron chi connectivity index (χ0n) is 9.75. The van der Waals surface area contributed by atoms with Crippen LogP contribution in [0.1, 0.15) is 30.3 Å². The van der Waals surface area contributed by atoms with Crippen LogP contribution in [-0.2, 0) is 22.5 Å². The predicted octanol–water partition coefficient (Wildman–Crippen LogP) is 2.19. The number of aromatic nitrogens is 1. The normalized spacial score (nSPS) is 10.8. The number of carbonyl (C=O) groups excluding carboxylic acids is 1. The molecular formula is C11H13F2IN2O2. The first-order chi connectivity index (χ1) is 8.49. The first-order valence-corrected chi connectivity index (χ1v) is 6.39. The summed E-state index contributed by atoms with van der Waals surface area (Å²) < 4.78 is 30.4. The van der Waals surface area contributed by atoms with Gasteiger partial charge in [-0.3, -0.25) is 4.79 Å². The fraction of sp³-hybridized carbons (Fsp3) is 0.455. The molecular weight excluding hydrogens is 357 g/mol. The Bertz CT molecular complexity index is 441. The molecule has 0 aliphatic heterocycles. The summed E-state index contributed by atoms with van der Waals surface area (Å²) in [6, 6.07) is 1.51. The summed E-state index contributed by atoms with van der Waals surface area (Å²) in [5, 5.41) is 0. The van der Waals surface area contributed by atoms with Crippen LogP contribution in [0.4, 0.5) is 8.78 Å². The summed E-state index contributed by atoms with van der Waals surface area (Å²) in [4.78, 5) is 15.2. The van der Waals surface area contributed by atoms with Gasteiger partial charge in [-0.1, -0.05) is 0 Å². The van der Waals surface area contributed by atoms with Gasteiger partial charge in [-0.05, 0) is 41.1 Å². The van der Waals surface area contributed by atoms with Crippen molar-refractivity contribution >= 4 is 28.6 Å². The molecule has 0 spiro atoms. The number of rotatable bonds is 5. The van der Waals surface area contributed by atoms with Gasteiger partial charge in [0, 0.05) is 10.1 Å². The lowest BCUT2D eigenvalue weighted by Gasteiger charge is -2.11. The van der Waals surface area contributed by atoms with Gasteiger partial charge in [0.2, 0.25) is 0 Å². The summed E-state index contributed by atoms with van der Waals surface area (Å²) in [6.07, 6.45) is -2.66. The Hall–Kier alpha value is -0.830. The summed E-state index contributed by atoms with van der Waals surface area (Å²) in [7, 11) is 0. The molecule has 0 fully saturated rings. The molecule has 100 valence electrons. The van der Waals surface area contributed by atoms with Gasteiger partial charge >= 0.3 is 5.97 Å². The maximum atomic E-state index is 12.7. The van der Waals surface area contributed by atoms with Crippen LogP contribution in [0, 0.1) is 3.57 Å². The molecule has 1 heterocycles. The van der Waals surface area contributed by atoms with E-state index in [0.29, 0.717) is 14.8 Å². The molecule has 0 bridgehead atoms. The van der Waals surface area contributed by atoms with Gasteiger partial charge in [0.15, 0.2) is 0 Å². The quantitative estimate of drug-likeness (QED) is 0.638. The van der Waals surface area contributed by atoms with E-state index in [9.17, 15) is 13.6 Å². The molecule has 2 N–H and O–H groups in total. The number of alkyl halides is 2. The third-order valence-corrected chi connectivity index (χ3v) is 3.08. The Kier molecular flexibility index (Phi) is 5.86. The standard InChI is InChI=1S/C11H13F2IN2O2/c1-2-18-9(17)4-6-3-7(14)10(11(12)13)16-8(6)5-15/h3,11H,2,4-5,15H2,1H3. The Morgan fingerprint density at radius 3 is 2.78 bits per heavy atom. The van der Waals surface area contributed by atoms with Crippen molar-refractivity contribution in [1.29, 1.82) is 0 Å². The first kappa shape index (κ1) is 15.2. The molecule has 0 amide bonds. The number of carbonyl (C=O) groups is 1. The molecule has 0 radical (unpaired) electrons. The highest BCUT2D eigenvalue weighted by molar-refractivity contribution is 14.1. The zero-order chi connectivity index (χ0) is 13.7. The summed E-state index contributed by atoms with van der Waals surface area (Å²) in [6.45, 7) is 1.98. The minimum Gasteiger partial charge on any atom is -0.466 e. The number of nitrogens with two attached hydrogens (primary N) is 1. The van der Waals surface area contributed by atoms with E-state index in [1.54, 1.807) is 29.5 Å². The topological polar surface area (TPSA) is 65.2 Å². The van der Waals surface area contributed by atoms with Crippen molar-refractivity contribution in [3.63, 3.8) is 0 Å². The second-order valence-corrected chi connectivity index (χ2v) is 4.61. The molecule has 0 atom stereocenters. The van der Waals surface area contributed by atoms with Crippen LogP contribution >= 0.6 is 22.6 Å². The van der Waals surface area contributed by atoms with E-state index in [1.165, 1.54) is 6.07 Å². The van der Waals surface area contributed by atoms with E-state index in [4.69, 9.17) is 10.5 Å². The lowest BCUT2D eigenvalue weighted by Crippen LogP contribution is -2.14. The van der Waals surface area contributed by atoms with Crippen LogP contribution in [0.3, 0.4) is 0 Å². The Morgan fingerprint density at radius 1 is 1.61 bits per heavy atom. The number of ether oxygens (including phenoxy) is 1. The minimum atomic E-state index is -2.65. The molecule has 4 nitrogen and oxygen atoms in total. The van der Waals surface area contributed by atoms with Crippen molar-refractivity contribution in [2.24, 2.45) is 5.73 Å². The van der Waals surface area contributed by atoms with E-state index in [0.717, 1.165) is 0 Å². The number of esters is 1. The van der Waals surface area contributed by atoms with E-state index >= 15 is 0 Å². The second kappa shape index (κ2) is 6.93. The molecule has 0 saturated carbocycles. The highest BCUT2D eigenvalue weighted by Gasteiger charge is 2.18. The number of hydrogen-bond donors (Lipinski definition) is 1. The Balaban J connectivity index is 3.05. The minimum absolute atomic E-state index is 0.00534. The third kappa shape index (κ3) is 3.84. The highest BCUT2D eigenvalue weighted by Crippen LogP contribution is 2.25. The van der Waals surface area contributed by atoms with Gasteiger partial charge in [0.05, 0.1) is 18.7 Å². The fourth-order valence-electron chi connectivity index (χ4n) is 1.43. The van der Waals surface area contributed by atoms with E-state index < -0.39 is 12.4 Å². The molecule has 0 aliphatic rings. The molecule has 7 heteroatoms. The monoisotopic (exact) mass is 370 g/mol. The highest BCUT2D eigenvalue weighted by atomic mass is 127. The number of pyridine rings is 1. The maximum Gasteiger partial charge on any atom is 0.310 e. The van der Waals surface area contributed by atoms with Crippen LogP contribution in [0.2, 0.25) is 0 Å². The molecule has 1 aromatic rings. The van der Waals surface area contributed by atoms with Crippen LogP contribution < -0.4 is 5.73 Å². The summed E-state index contributed by atoms with van der Waals surface area (Å²) >= 11 is 1.77.